The lowest BCUT2D eigenvalue weighted by Gasteiger charge is -2.29. The predicted octanol–water partition coefficient (Wildman–Crippen LogP) is 3.43. The van der Waals surface area contributed by atoms with E-state index in [2.05, 4.69) is 29.2 Å². The lowest BCUT2D eigenvalue weighted by molar-refractivity contribution is -0.135. The monoisotopic (exact) mass is 383 g/mol. The fourth-order valence-corrected chi connectivity index (χ4v) is 5.09. The zero-order valence-corrected chi connectivity index (χ0v) is 17.1. The lowest BCUT2D eigenvalue weighted by atomic mass is 10.1. The van der Waals surface area contributed by atoms with E-state index < -0.39 is 0 Å². The van der Waals surface area contributed by atoms with Crippen molar-refractivity contribution in [2.75, 3.05) is 31.6 Å². The van der Waals surface area contributed by atoms with Crippen LogP contribution in [0.15, 0.2) is 24.3 Å². The summed E-state index contributed by atoms with van der Waals surface area (Å²) in [6, 6.07) is 9.01. The highest BCUT2D eigenvalue weighted by molar-refractivity contribution is 5.89. The summed E-state index contributed by atoms with van der Waals surface area (Å²) in [5.41, 5.74) is 2.43. The van der Waals surface area contributed by atoms with Gasteiger partial charge in [0, 0.05) is 51.4 Å². The van der Waals surface area contributed by atoms with Crippen molar-refractivity contribution in [3.63, 3.8) is 0 Å². The number of likely N-dealkylation sites (tertiary alicyclic amines) is 1. The van der Waals surface area contributed by atoms with E-state index in [1.54, 1.807) is 4.90 Å². The molecule has 4 rings (SSSR count). The van der Waals surface area contributed by atoms with Gasteiger partial charge in [0.05, 0.1) is 5.92 Å². The molecule has 1 aromatic carbocycles. The van der Waals surface area contributed by atoms with Crippen LogP contribution in [0.3, 0.4) is 0 Å². The van der Waals surface area contributed by atoms with Gasteiger partial charge in [-0.1, -0.05) is 25.0 Å². The van der Waals surface area contributed by atoms with Crippen molar-refractivity contribution in [2.24, 2.45) is 5.92 Å². The molecule has 0 radical (unpaired) electrons. The smallest absolute Gasteiger partial charge is 0.228 e. The number of hydrogen-bond donors (Lipinski definition) is 0. The standard InChI is InChI=1S/C23H33N3O2/c1-24(16-18-9-11-20(12-10-18)25-13-5-2-6-14-25)23(28)19-15-22(27)26(17-19)21-7-3-4-8-21/h9-12,19,21H,2-8,13-17H2,1H3/t19-/m0/s1. The van der Waals surface area contributed by atoms with Crippen LogP contribution < -0.4 is 4.90 Å². The molecule has 0 bridgehead atoms. The number of nitrogens with zero attached hydrogens (tertiary/aromatic N) is 3. The van der Waals surface area contributed by atoms with Gasteiger partial charge in [0.1, 0.15) is 0 Å². The zero-order valence-electron chi connectivity index (χ0n) is 17.1. The predicted molar refractivity (Wildman–Crippen MR) is 111 cm³/mol. The van der Waals surface area contributed by atoms with Gasteiger partial charge in [-0.3, -0.25) is 9.59 Å². The lowest BCUT2D eigenvalue weighted by Crippen LogP contribution is -2.37. The number of benzene rings is 1. The van der Waals surface area contributed by atoms with Crippen LogP contribution in [0.2, 0.25) is 0 Å². The molecule has 1 saturated carbocycles. The number of carbonyl (C=O) groups excluding carboxylic acids is 2. The van der Waals surface area contributed by atoms with Crippen LogP contribution >= 0.6 is 0 Å². The summed E-state index contributed by atoms with van der Waals surface area (Å²) in [6.07, 6.45) is 8.89. The Bertz CT molecular complexity index is 690. The van der Waals surface area contributed by atoms with Crippen molar-refractivity contribution >= 4 is 17.5 Å². The molecule has 1 atom stereocenters. The van der Waals surface area contributed by atoms with Crippen LogP contribution in [-0.4, -0.2) is 54.3 Å². The number of rotatable bonds is 5. The number of amides is 2. The molecule has 5 heteroatoms. The molecule has 2 amide bonds. The highest BCUT2D eigenvalue weighted by Gasteiger charge is 2.39. The number of carbonyl (C=O) groups is 2. The SMILES string of the molecule is CN(Cc1ccc(N2CCCCC2)cc1)C(=O)[C@H]1CC(=O)N(C2CCCC2)C1. The summed E-state index contributed by atoms with van der Waals surface area (Å²) in [7, 11) is 1.86. The Hall–Kier alpha value is -2.04. The van der Waals surface area contributed by atoms with E-state index in [-0.39, 0.29) is 17.7 Å². The van der Waals surface area contributed by atoms with E-state index in [4.69, 9.17) is 0 Å². The van der Waals surface area contributed by atoms with Gasteiger partial charge in [-0.2, -0.15) is 0 Å². The quantitative estimate of drug-likeness (QED) is 0.782. The molecule has 152 valence electrons. The van der Waals surface area contributed by atoms with Crippen LogP contribution in [-0.2, 0) is 16.1 Å². The zero-order chi connectivity index (χ0) is 19.5. The fourth-order valence-electron chi connectivity index (χ4n) is 5.09. The van der Waals surface area contributed by atoms with Crippen molar-refractivity contribution < 1.29 is 9.59 Å². The summed E-state index contributed by atoms with van der Waals surface area (Å²) >= 11 is 0. The first-order valence-electron chi connectivity index (χ1n) is 11.0. The Balaban J connectivity index is 1.32. The van der Waals surface area contributed by atoms with Crippen LogP contribution in [0.4, 0.5) is 5.69 Å². The second kappa shape index (κ2) is 8.54. The van der Waals surface area contributed by atoms with Gasteiger partial charge < -0.3 is 14.7 Å². The van der Waals surface area contributed by atoms with Gasteiger partial charge in [-0.05, 0) is 49.8 Å². The molecule has 5 nitrogen and oxygen atoms in total. The molecule has 2 saturated heterocycles. The molecule has 1 aromatic rings. The fraction of sp³-hybridized carbons (Fsp3) is 0.652. The Morgan fingerprint density at radius 3 is 2.39 bits per heavy atom. The van der Waals surface area contributed by atoms with E-state index in [1.165, 1.54) is 37.8 Å². The molecule has 0 aromatic heterocycles. The first-order valence-corrected chi connectivity index (χ1v) is 11.0. The second-order valence-corrected chi connectivity index (χ2v) is 8.79. The largest absolute Gasteiger partial charge is 0.372 e. The minimum Gasteiger partial charge on any atom is -0.372 e. The van der Waals surface area contributed by atoms with Crippen LogP contribution in [0.5, 0.6) is 0 Å². The van der Waals surface area contributed by atoms with Gasteiger partial charge in [0.2, 0.25) is 11.8 Å². The van der Waals surface area contributed by atoms with Crippen molar-refractivity contribution in [1.29, 1.82) is 0 Å². The molecule has 0 unspecified atom stereocenters. The summed E-state index contributed by atoms with van der Waals surface area (Å²) < 4.78 is 0. The van der Waals surface area contributed by atoms with E-state index >= 15 is 0 Å². The molecule has 2 heterocycles. The minimum absolute atomic E-state index is 0.106. The minimum atomic E-state index is -0.175. The van der Waals surface area contributed by atoms with Crippen LogP contribution in [0.25, 0.3) is 0 Å². The van der Waals surface area contributed by atoms with Crippen molar-refractivity contribution in [3.05, 3.63) is 29.8 Å². The maximum Gasteiger partial charge on any atom is 0.228 e. The third-order valence-electron chi connectivity index (χ3n) is 6.73. The first-order chi connectivity index (χ1) is 13.6. The Morgan fingerprint density at radius 1 is 1.04 bits per heavy atom. The summed E-state index contributed by atoms with van der Waals surface area (Å²) in [5.74, 6) is 0.101. The number of hydrogen-bond acceptors (Lipinski definition) is 3. The molecule has 0 spiro atoms. The van der Waals surface area contributed by atoms with Gasteiger partial charge in [0.25, 0.3) is 0 Å². The van der Waals surface area contributed by atoms with Crippen molar-refractivity contribution in [3.8, 4) is 0 Å². The van der Waals surface area contributed by atoms with E-state index in [0.29, 0.717) is 25.6 Å². The third-order valence-corrected chi connectivity index (χ3v) is 6.73. The van der Waals surface area contributed by atoms with E-state index in [1.807, 2.05) is 11.9 Å². The molecule has 2 aliphatic heterocycles. The molecule has 28 heavy (non-hydrogen) atoms. The highest BCUT2D eigenvalue weighted by atomic mass is 16.2. The molecule has 1 aliphatic carbocycles. The van der Waals surface area contributed by atoms with Crippen molar-refractivity contribution in [1.82, 2.24) is 9.80 Å². The normalized spacial score (nSPS) is 23.5. The molecular weight excluding hydrogens is 350 g/mol. The summed E-state index contributed by atoms with van der Waals surface area (Å²) in [4.78, 5) is 31.5. The molecule has 3 aliphatic rings. The summed E-state index contributed by atoms with van der Waals surface area (Å²) in [5, 5.41) is 0. The van der Waals surface area contributed by atoms with E-state index in [9.17, 15) is 9.59 Å². The highest BCUT2D eigenvalue weighted by Crippen LogP contribution is 2.30. The Kier molecular flexibility index (Phi) is 5.88. The molecule has 3 fully saturated rings. The Morgan fingerprint density at radius 2 is 1.71 bits per heavy atom. The maximum absolute atomic E-state index is 12.9. The van der Waals surface area contributed by atoms with Gasteiger partial charge in [-0.25, -0.2) is 0 Å². The van der Waals surface area contributed by atoms with Crippen LogP contribution in [0, 0.1) is 5.92 Å². The average Bonchev–Trinajstić information content (AvgIpc) is 3.38. The van der Waals surface area contributed by atoms with Gasteiger partial charge >= 0.3 is 0 Å². The molecular formula is C23H33N3O2. The van der Waals surface area contributed by atoms with Gasteiger partial charge in [-0.15, -0.1) is 0 Å². The van der Waals surface area contributed by atoms with Gasteiger partial charge in [0.15, 0.2) is 0 Å². The Labute approximate surface area is 168 Å². The molecule has 0 N–H and O–H groups in total. The van der Waals surface area contributed by atoms with E-state index in [0.717, 1.165) is 31.5 Å². The second-order valence-electron chi connectivity index (χ2n) is 8.79. The summed E-state index contributed by atoms with van der Waals surface area (Å²) in [6.45, 7) is 3.50. The number of anilines is 1. The number of piperidine rings is 1. The average molecular weight is 384 g/mol. The maximum atomic E-state index is 12.9. The van der Waals surface area contributed by atoms with Crippen molar-refractivity contribution in [2.45, 2.75) is 64.0 Å². The first kappa shape index (κ1) is 19.3. The topological polar surface area (TPSA) is 43.9 Å². The third kappa shape index (κ3) is 4.18. The van der Waals surface area contributed by atoms with Crippen LogP contribution in [0.1, 0.15) is 56.9 Å².